The third-order valence-electron chi connectivity index (χ3n) is 4.63. The van der Waals surface area contributed by atoms with Crippen LogP contribution >= 0.6 is 0 Å². The quantitative estimate of drug-likeness (QED) is 0.550. The van der Waals surface area contributed by atoms with Crippen molar-refractivity contribution in [1.29, 1.82) is 0 Å². The summed E-state index contributed by atoms with van der Waals surface area (Å²) < 4.78 is 0. The van der Waals surface area contributed by atoms with E-state index in [4.69, 9.17) is 11.5 Å². The van der Waals surface area contributed by atoms with Crippen molar-refractivity contribution in [3.63, 3.8) is 0 Å². The zero-order valence-electron chi connectivity index (χ0n) is 14.0. The number of nitrogen functional groups attached to an aromatic ring is 2. The minimum atomic E-state index is -1.78. The summed E-state index contributed by atoms with van der Waals surface area (Å²) in [6.07, 6.45) is 1.78. The van der Waals surface area contributed by atoms with Crippen LogP contribution in [-0.2, 0) is 19.2 Å². The fourth-order valence-corrected chi connectivity index (χ4v) is 3.31. The van der Waals surface area contributed by atoms with E-state index in [-0.39, 0.29) is 11.6 Å². The van der Waals surface area contributed by atoms with Crippen LogP contribution in [0.1, 0.15) is 12.8 Å². The average Bonchev–Trinajstić information content (AvgIpc) is 3.03. The number of carbonyl (C=O) groups is 4. The van der Waals surface area contributed by atoms with Crippen molar-refractivity contribution in [3.8, 4) is 0 Å². The fourth-order valence-electron chi connectivity index (χ4n) is 3.31. The summed E-state index contributed by atoms with van der Waals surface area (Å²) in [6.45, 7) is 0. The summed E-state index contributed by atoms with van der Waals surface area (Å²) in [7, 11) is 0. The maximum absolute atomic E-state index is 13.0. The van der Waals surface area contributed by atoms with Crippen molar-refractivity contribution in [2.24, 2.45) is 5.41 Å². The van der Waals surface area contributed by atoms with Crippen LogP contribution in [0.15, 0.2) is 36.7 Å². The highest BCUT2D eigenvalue weighted by atomic mass is 16.2. The van der Waals surface area contributed by atoms with Gasteiger partial charge in [-0.2, -0.15) is 0 Å². The van der Waals surface area contributed by atoms with Crippen LogP contribution in [0.3, 0.4) is 0 Å². The number of nitrogens with zero attached hydrogens (tertiary/aromatic N) is 4. The van der Waals surface area contributed by atoms with Crippen LogP contribution < -0.4 is 21.3 Å². The van der Waals surface area contributed by atoms with Crippen molar-refractivity contribution >= 4 is 46.6 Å². The molecule has 2 aromatic heterocycles. The molecule has 0 aromatic carbocycles. The zero-order chi connectivity index (χ0) is 19.3. The second-order valence-electron chi connectivity index (χ2n) is 6.40. The predicted octanol–water partition coefficient (Wildman–Crippen LogP) is -0.146. The molecule has 4 N–H and O–H groups in total. The largest absolute Gasteiger partial charge is 0.397 e. The Bertz CT molecular complexity index is 904. The van der Waals surface area contributed by atoms with E-state index in [2.05, 4.69) is 9.97 Å². The van der Waals surface area contributed by atoms with Crippen LogP contribution in [0, 0.1) is 5.41 Å². The van der Waals surface area contributed by atoms with E-state index in [0.29, 0.717) is 11.4 Å². The first kappa shape index (κ1) is 16.6. The number of pyridine rings is 2. The Kier molecular flexibility index (Phi) is 3.45. The summed E-state index contributed by atoms with van der Waals surface area (Å²) >= 11 is 0. The molecule has 4 amide bonds. The number of aromatic nitrogens is 2. The molecule has 2 saturated heterocycles. The molecule has 1 spiro atoms. The van der Waals surface area contributed by atoms with Gasteiger partial charge in [0.15, 0.2) is 0 Å². The summed E-state index contributed by atoms with van der Waals surface area (Å²) in [5.41, 5.74) is 10.1. The van der Waals surface area contributed by atoms with Gasteiger partial charge in [0, 0.05) is 0 Å². The molecule has 0 radical (unpaired) electrons. The first-order valence-corrected chi connectivity index (χ1v) is 8.01. The molecule has 27 heavy (non-hydrogen) atoms. The molecular weight excluding hydrogens is 352 g/mol. The lowest BCUT2D eigenvalue weighted by Gasteiger charge is -2.19. The van der Waals surface area contributed by atoms with Gasteiger partial charge in [0.2, 0.25) is 11.8 Å². The number of amides is 4. The van der Waals surface area contributed by atoms with Crippen LogP contribution in [0.25, 0.3) is 0 Å². The highest BCUT2D eigenvalue weighted by Crippen LogP contribution is 2.45. The normalized spacial score (nSPS) is 18.8. The Morgan fingerprint density at radius 3 is 1.48 bits per heavy atom. The number of hydrogen-bond acceptors (Lipinski definition) is 8. The monoisotopic (exact) mass is 366 g/mol. The van der Waals surface area contributed by atoms with Crippen molar-refractivity contribution in [2.75, 3.05) is 21.3 Å². The lowest BCUT2D eigenvalue weighted by Crippen LogP contribution is -2.42. The second kappa shape index (κ2) is 5.59. The lowest BCUT2D eigenvalue weighted by atomic mass is 9.84. The minimum absolute atomic E-state index is 0.0559. The third-order valence-corrected chi connectivity index (χ3v) is 4.63. The average molecular weight is 366 g/mol. The maximum atomic E-state index is 13.0. The van der Waals surface area contributed by atoms with Crippen LogP contribution in [0.4, 0.5) is 23.0 Å². The van der Waals surface area contributed by atoms with Gasteiger partial charge in [0.05, 0.1) is 36.6 Å². The Labute approximate surface area is 152 Å². The Morgan fingerprint density at radius 1 is 0.741 bits per heavy atom. The maximum Gasteiger partial charge on any atom is 0.251 e. The molecular formula is C17H14N6O4. The van der Waals surface area contributed by atoms with Crippen molar-refractivity contribution < 1.29 is 19.2 Å². The van der Waals surface area contributed by atoms with Gasteiger partial charge in [0.25, 0.3) is 11.8 Å². The van der Waals surface area contributed by atoms with Gasteiger partial charge < -0.3 is 11.5 Å². The summed E-state index contributed by atoms with van der Waals surface area (Å²) in [5, 5.41) is 0. The molecule has 0 bridgehead atoms. The van der Waals surface area contributed by atoms with E-state index in [1.165, 1.54) is 36.7 Å². The molecule has 2 aromatic rings. The van der Waals surface area contributed by atoms with Gasteiger partial charge in [-0.15, -0.1) is 0 Å². The van der Waals surface area contributed by atoms with Gasteiger partial charge in [0.1, 0.15) is 17.1 Å². The lowest BCUT2D eigenvalue weighted by molar-refractivity contribution is -0.136. The standard InChI is InChI=1S/C17H14N6O4/c18-9-1-3-11(20-7-9)22-13(24)5-17(15(22)26)6-14(25)23(16(17)27)12-4-2-10(19)8-21-12/h1-4,7-8H,5-6,18-19H2. The van der Waals surface area contributed by atoms with E-state index in [1.807, 2.05) is 0 Å². The van der Waals surface area contributed by atoms with E-state index < -0.39 is 41.9 Å². The summed E-state index contributed by atoms with van der Waals surface area (Å²) in [4.78, 5) is 60.6. The zero-order valence-corrected chi connectivity index (χ0v) is 14.0. The Hall–Kier alpha value is -3.82. The number of nitrogens with two attached hydrogens (primary N) is 2. The third kappa shape index (κ3) is 2.34. The molecule has 0 aliphatic carbocycles. The smallest absolute Gasteiger partial charge is 0.251 e. The first-order chi connectivity index (χ1) is 12.8. The van der Waals surface area contributed by atoms with Crippen molar-refractivity contribution in [1.82, 2.24) is 9.97 Å². The highest BCUT2D eigenvalue weighted by Gasteiger charge is 2.64. The number of imide groups is 2. The number of carbonyl (C=O) groups excluding carboxylic acids is 4. The summed E-state index contributed by atoms with van der Waals surface area (Å²) in [6, 6.07) is 5.79. The van der Waals surface area contributed by atoms with Gasteiger partial charge in [-0.25, -0.2) is 19.8 Å². The molecule has 10 heteroatoms. The van der Waals surface area contributed by atoms with E-state index in [1.54, 1.807) is 0 Å². The minimum Gasteiger partial charge on any atom is -0.397 e. The fraction of sp³-hybridized carbons (Fsp3) is 0.176. The van der Waals surface area contributed by atoms with Gasteiger partial charge >= 0.3 is 0 Å². The molecule has 136 valence electrons. The van der Waals surface area contributed by atoms with Gasteiger partial charge in [-0.3, -0.25) is 19.2 Å². The molecule has 4 heterocycles. The molecule has 0 atom stereocenters. The van der Waals surface area contributed by atoms with Gasteiger partial charge in [-0.1, -0.05) is 0 Å². The second-order valence-corrected chi connectivity index (χ2v) is 6.40. The predicted molar refractivity (Wildman–Crippen MR) is 94.0 cm³/mol. The van der Waals surface area contributed by atoms with Crippen molar-refractivity contribution in [3.05, 3.63) is 36.7 Å². The molecule has 4 rings (SSSR count). The van der Waals surface area contributed by atoms with Crippen molar-refractivity contribution in [2.45, 2.75) is 12.8 Å². The van der Waals surface area contributed by atoms with Gasteiger partial charge in [-0.05, 0) is 24.3 Å². The van der Waals surface area contributed by atoms with Crippen LogP contribution in [-0.4, -0.2) is 33.6 Å². The van der Waals surface area contributed by atoms with E-state index in [0.717, 1.165) is 9.80 Å². The van der Waals surface area contributed by atoms with Crippen LogP contribution in [0.2, 0.25) is 0 Å². The summed E-state index contributed by atoms with van der Waals surface area (Å²) in [5.74, 6) is -2.65. The van der Waals surface area contributed by atoms with E-state index >= 15 is 0 Å². The Morgan fingerprint density at radius 2 is 1.15 bits per heavy atom. The molecule has 0 saturated carbocycles. The van der Waals surface area contributed by atoms with Crippen LogP contribution in [0.5, 0.6) is 0 Å². The molecule has 0 unspecified atom stereocenters. The number of hydrogen-bond donors (Lipinski definition) is 2. The van der Waals surface area contributed by atoms with E-state index in [9.17, 15) is 19.2 Å². The molecule has 10 nitrogen and oxygen atoms in total. The molecule has 2 aliphatic rings. The Balaban J connectivity index is 1.71. The topological polar surface area (TPSA) is 153 Å². The number of rotatable bonds is 2. The first-order valence-electron chi connectivity index (χ1n) is 8.01. The molecule has 2 fully saturated rings. The highest BCUT2D eigenvalue weighted by molar-refractivity contribution is 6.37. The number of anilines is 4. The molecule has 2 aliphatic heterocycles. The SMILES string of the molecule is Nc1ccc(N2C(=O)CC3(CC(=O)N(c4ccc(N)cn4)C3=O)C2=O)nc1.